The second-order valence-electron chi connectivity index (χ2n) is 9.38. The molecule has 0 aromatic carbocycles. The summed E-state index contributed by atoms with van der Waals surface area (Å²) in [5.74, 6) is 1.68. The molecular formula is C23H35N3O2S. The molecule has 2 amide bonds. The van der Waals surface area contributed by atoms with E-state index in [2.05, 4.69) is 16.3 Å². The summed E-state index contributed by atoms with van der Waals surface area (Å²) in [6.07, 6.45) is 9.55. The van der Waals surface area contributed by atoms with Crippen LogP contribution < -0.4 is 0 Å². The molecule has 3 aliphatic rings. The Labute approximate surface area is 179 Å². The number of likely N-dealkylation sites (tertiary alicyclic amines) is 2. The smallest absolute Gasteiger partial charge is 0.254 e. The van der Waals surface area contributed by atoms with E-state index < -0.39 is 0 Å². The van der Waals surface area contributed by atoms with Gasteiger partial charge in [-0.15, -0.1) is 11.3 Å². The van der Waals surface area contributed by atoms with Crippen LogP contribution in [0.5, 0.6) is 0 Å². The second kappa shape index (κ2) is 9.17. The lowest BCUT2D eigenvalue weighted by Crippen LogP contribution is -2.49. The summed E-state index contributed by atoms with van der Waals surface area (Å²) in [5, 5.41) is 2.08. The lowest BCUT2D eigenvalue weighted by Gasteiger charge is -2.44. The molecule has 1 aromatic heterocycles. The van der Waals surface area contributed by atoms with E-state index in [4.69, 9.17) is 0 Å². The highest BCUT2D eigenvalue weighted by Crippen LogP contribution is 2.37. The molecule has 29 heavy (non-hydrogen) atoms. The van der Waals surface area contributed by atoms with Gasteiger partial charge in [0.1, 0.15) is 0 Å². The van der Waals surface area contributed by atoms with E-state index in [1.54, 1.807) is 11.3 Å². The molecule has 0 spiro atoms. The van der Waals surface area contributed by atoms with Gasteiger partial charge >= 0.3 is 0 Å². The number of rotatable bonds is 4. The SMILES string of the molecule is CN(C)CC(=O)N1CCC(c2cc(C(=O)N3CCCC4CCCCC43)cs2)CC1. The fraction of sp³-hybridized carbons (Fsp3) is 0.739. The molecule has 1 saturated carbocycles. The molecule has 0 radical (unpaired) electrons. The van der Waals surface area contributed by atoms with Gasteiger partial charge < -0.3 is 14.7 Å². The summed E-state index contributed by atoms with van der Waals surface area (Å²) in [7, 11) is 3.87. The summed E-state index contributed by atoms with van der Waals surface area (Å²) >= 11 is 1.74. The molecule has 2 saturated heterocycles. The second-order valence-corrected chi connectivity index (χ2v) is 10.3. The average molecular weight is 418 g/mol. The minimum Gasteiger partial charge on any atom is -0.342 e. The number of hydrogen-bond donors (Lipinski definition) is 0. The maximum Gasteiger partial charge on any atom is 0.254 e. The van der Waals surface area contributed by atoms with Crippen LogP contribution in [0.4, 0.5) is 0 Å². The average Bonchev–Trinajstić information content (AvgIpc) is 3.23. The van der Waals surface area contributed by atoms with Crippen LogP contribution in [-0.2, 0) is 4.79 Å². The van der Waals surface area contributed by atoms with Crippen LogP contribution >= 0.6 is 11.3 Å². The van der Waals surface area contributed by atoms with E-state index in [9.17, 15) is 9.59 Å². The first-order valence-corrected chi connectivity index (χ1v) is 12.2. The van der Waals surface area contributed by atoms with Crippen LogP contribution in [0, 0.1) is 5.92 Å². The Hall–Kier alpha value is -1.40. The maximum absolute atomic E-state index is 13.3. The maximum atomic E-state index is 13.3. The number of thiophene rings is 1. The molecule has 3 fully saturated rings. The van der Waals surface area contributed by atoms with E-state index in [1.807, 2.05) is 23.9 Å². The van der Waals surface area contributed by atoms with Crippen LogP contribution in [0.1, 0.15) is 72.5 Å². The molecule has 1 aromatic rings. The highest BCUT2D eigenvalue weighted by atomic mass is 32.1. The number of hydrogen-bond acceptors (Lipinski definition) is 4. The van der Waals surface area contributed by atoms with E-state index in [0.29, 0.717) is 18.5 Å². The van der Waals surface area contributed by atoms with E-state index >= 15 is 0 Å². The van der Waals surface area contributed by atoms with Gasteiger partial charge in [0.2, 0.25) is 5.91 Å². The lowest BCUT2D eigenvalue weighted by molar-refractivity contribution is -0.132. The van der Waals surface area contributed by atoms with Crippen LogP contribution in [-0.4, -0.2) is 72.8 Å². The van der Waals surface area contributed by atoms with Gasteiger partial charge in [-0.1, -0.05) is 12.8 Å². The third kappa shape index (κ3) is 4.69. The molecule has 0 N–H and O–H groups in total. The first-order chi connectivity index (χ1) is 14.0. The molecule has 160 valence electrons. The van der Waals surface area contributed by atoms with Crippen molar-refractivity contribution in [2.24, 2.45) is 5.92 Å². The topological polar surface area (TPSA) is 43.9 Å². The minimum atomic E-state index is 0.225. The normalized spacial score (nSPS) is 25.9. The van der Waals surface area contributed by atoms with Gasteiger partial charge in [-0.3, -0.25) is 9.59 Å². The van der Waals surface area contributed by atoms with Crippen LogP contribution in [0.15, 0.2) is 11.4 Å². The Balaban J connectivity index is 1.36. The van der Waals surface area contributed by atoms with E-state index in [1.165, 1.54) is 37.0 Å². The number of carbonyl (C=O) groups excluding carboxylic acids is 2. The van der Waals surface area contributed by atoms with Gasteiger partial charge in [0.05, 0.1) is 12.1 Å². The van der Waals surface area contributed by atoms with Crippen molar-refractivity contribution >= 4 is 23.2 Å². The van der Waals surface area contributed by atoms with Crippen LogP contribution in [0.3, 0.4) is 0 Å². The fourth-order valence-electron chi connectivity index (χ4n) is 5.51. The summed E-state index contributed by atoms with van der Waals surface area (Å²) in [6.45, 7) is 3.07. The Morgan fingerprint density at radius 1 is 1.03 bits per heavy atom. The molecule has 0 bridgehead atoms. The Morgan fingerprint density at radius 3 is 2.52 bits per heavy atom. The van der Waals surface area contributed by atoms with Crippen molar-refractivity contribution in [2.45, 2.75) is 63.3 Å². The predicted molar refractivity (Wildman–Crippen MR) is 117 cm³/mol. The Bertz CT molecular complexity index is 721. The van der Waals surface area contributed by atoms with E-state index in [-0.39, 0.29) is 11.8 Å². The van der Waals surface area contributed by atoms with Gasteiger partial charge in [-0.25, -0.2) is 0 Å². The van der Waals surface area contributed by atoms with Gasteiger partial charge in [0, 0.05) is 35.9 Å². The largest absolute Gasteiger partial charge is 0.342 e. The Kier molecular flexibility index (Phi) is 6.60. The van der Waals surface area contributed by atoms with Crippen molar-refractivity contribution in [1.29, 1.82) is 0 Å². The highest BCUT2D eigenvalue weighted by Gasteiger charge is 2.36. The molecule has 5 nitrogen and oxygen atoms in total. The number of nitrogens with zero attached hydrogens (tertiary/aromatic N) is 3. The third-order valence-electron chi connectivity index (χ3n) is 7.07. The molecule has 3 heterocycles. The first kappa shape index (κ1) is 20.9. The third-order valence-corrected chi connectivity index (χ3v) is 8.17. The summed E-state index contributed by atoms with van der Waals surface area (Å²) in [6, 6.07) is 2.63. The molecule has 6 heteroatoms. The van der Waals surface area contributed by atoms with Crippen molar-refractivity contribution in [1.82, 2.24) is 14.7 Å². The van der Waals surface area contributed by atoms with Crippen molar-refractivity contribution in [3.8, 4) is 0 Å². The zero-order valence-electron chi connectivity index (χ0n) is 17.9. The van der Waals surface area contributed by atoms with Gasteiger partial charge in [-0.2, -0.15) is 0 Å². The van der Waals surface area contributed by atoms with E-state index in [0.717, 1.165) is 50.4 Å². The van der Waals surface area contributed by atoms with Crippen molar-refractivity contribution in [3.05, 3.63) is 21.9 Å². The number of carbonyl (C=O) groups is 2. The van der Waals surface area contributed by atoms with Gasteiger partial charge in [0.25, 0.3) is 5.91 Å². The number of fused-ring (bicyclic) bond motifs is 1. The molecule has 2 atom stereocenters. The number of amides is 2. The zero-order valence-corrected chi connectivity index (χ0v) is 18.8. The van der Waals surface area contributed by atoms with Crippen molar-refractivity contribution < 1.29 is 9.59 Å². The first-order valence-electron chi connectivity index (χ1n) is 11.3. The van der Waals surface area contributed by atoms with Crippen LogP contribution in [0.2, 0.25) is 0 Å². The minimum absolute atomic E-state index is 0.225. The monoisotopic (exact) mass is 417 g/mol. The predicted octanol–water partition coefficient (Wildman–Crippen LogP) is 3.81. The highest BCUT2D eigenvalue weighted by molar-refractivity contribution is 7.10. The summed E-state index contributed by atoms with van der Waals surface area (Å²) in [4.78, 5) is 33.0. The fourth-order valence-corrected chi connectivity index (χ4v) is 6.56. The molecule has 2 unspecified atom stereocenters. The summed E-state index contributed by atoms with van der Waals surface area (Å²) in [5.41, 5.74) is 0.891. The quantitative estimate of drug-likeness (QED) is 0.748. The number of likely N-dealkylation sites (N-methyl/N-ethyl adjacent to an activating group) is 1. The summed E-state index contributed by atoms with van der Waals surface area (Å²) < 4.78 is 0. The van der Waals surface area contributed by atoms with Crippen molar-refractivity contribution in [2.75, 3.05) is 40.3 Å². The zero-order chi connectivity index (χ0) is 20.4. The molecular weight excluding hydrogens is 382 g/mol. The van der Waals surface area contributed by atoms with Gasteiger partial charge in [-0.05, 0) is 70.5 Å². The standard InChI is InChI=1S/C23H35N3O2S/c1-24(2)15-22(27)25-12-9-18(10-13-25)21-14-19(16-29-21)23(28)26-11-5-7-17-6-3-4-8-20(17)26/h14,16-18,20H,3-13,15H2,1-2H3. The van der Waals surface area contributed by atoms with Gasteiger partial charge in [0.15, 0.2) is 0 Å². The number of piperidine rings is 2. The molecule has 4 rings (SSSR count). The van der Waals surface area contributed by atoms with Crippen LogP contribution in [0.25, 0.3) is 0 Å². The lowest BCUT2D eigenvalue weighted by atomic mass is 9.78. The molecule has 2 aliphatic heterocycles. The molecule has 1 aliphatic carbocycles. The Morgan fingerprint density at radius 2 is 1.76 bits per heavy atom. The van der Waals surface area contributed by atoms with Crippen molar-refractivity contribution in [3.63, 3.8) is 0 Å².